The maximum atomic E-state index is 13.7. The standard InChI is InChI=1S/C32H29N3O2/c1-3-37-32(26-14-8-5-9-15-26)31(35-29-17-11-10-16-28(29)33-34-35)27(24-12-6-4-7-13-24)22-30(36)25-20-18-23(2)19-21-25/h4-21,27H,3,22H2,1-2H3/b32-31+. The van der Waals surface area contributed by atoms with E-state index >= 15 is 0 Å². The molecule has 0 saturated heterocycles. The Morgan fingerprint density at radius 3 is 2.16 bits per heavy atom. The first-order valence-electron chi connectivity index (χ1n) is 12.5. The van der Waals surface area contributed by atoms with Gasteiger partial charge in [0.25, 0.3) is 0 Å². The first-order chi connectivity index (χ1) is 18.2. The van der Waals surface area contributed by atoms with E-state index in [1.165, 1.54) is 0 Å². The first kappa shape index (κ1) is 24.2. The van der Waals surface area contributed by atoms with E-state index in [9.17, 15) is 4.79 Å². The van der Waals surface area contributed by atoms with Gasteiger partial charge in [0.2, 0.25) is 0 Å². The normalized spacial score (nSPS) is 12.7. The fourth-order valence-electron chi connectivity index (χ4n) is 4.59. The lowest BCUT2D eigenvalue weighted by atomic mass is 9.87. The van der Waals surface area contributed by atoms with Gasteiger partial charge in [-0.3, -0.25) is 4.79 Å². The number of Topliss-reactive ketones (excluding diaryl/α,β-unsaturated/α-hetero) is 1. The zero-order chi connectivity index (χ0) is 25.6. The maximum Gasteiger partial charge on any atom is 0.163 e. The number of aryl methyl sites for hydroxylation is 1. The summed E-state index contributed by atoms with van der Waals surface area (Å²) in [4.78, 5) is 13.7. The highest BCUT2D eigenvalue weighted by molar-refractivity contribution is 5.99. The predicted molar refractivity (Wildman–Crippen MR) is 148 cm³/mol. The van der Waals surface area contributed by atoms with Gasteiger partial charge in [-0.1, -0.05) is 108 Å². The number of nitrogens with zero attached hydrogens (tertiary/aromatic N) is 3. The van der Waals surface area contributed by atoms with E-state index in [2.05, 4.69) is 22.4 Å². The highest BCUT2D eigenvalue weighted by Gasteiger charge is 2.29. The van der Waals surface area contributed by atoms with Crippen LogP contribution in [0, 0.1) is 6.92 Å². The molecule has 0 amide bonds. The Bertz CT molecular complexity index is 1520. The summed E-state index contributed by atoms with van der Waals surface area (Å²) in [5.74, 6) is 0.408. The van der Waals surface area contributed by atoms with Crippen molar-refractivity contribution in [1.29, 1.82) is 0 Å². The third-order valence-corrected chi connectivity index (χ3v) is 6.43. The minimum atomic E-state index is -0.332. The number of para-hydroxylation sites is 1. The number of carbonyl (C=O) groups is 1. The second-order valence-electron chi connectivity index (χ2n) is 8.96. The molecule has 0 aliphatic rings. The van der Waals surface area contributed by atoms with Crippen molar-refractivity contribution in [3.05, 3.63) is 131 Å². The summed E-state index contributed by atoms with van der Waals surface area (Å²) in [5, 5.41) is 9.02. The molecule has 4 aromatic carbocycles. The Labute approximate surface area is 217 Å². The van der Waals surface area contributed by atoms with Crippen LogP contribution in [0.4, 0.5) is 0 Å². The molecular weight excluding hydrogens is 458 g/mol. The molecular formula is C32H29N3O2. The second-order valence-corrected chi connectivity index (χ2v) is 8.96. The molecule has 0 radical (unpaired) electrons. The van der Waals surface area contributed by atoms with Gasteiger partial charge in [-0.25, -0.2) is 4.68 Å². The van der Waals surface area contributed by atoms with Crippen LogP contribution in [-0.2, 0) is 4.74 Å². The largest absolute Gasteiger partial charge is 0.491 e. The Morgan fingerprint density at radius 1 is 0.811 bits per heavy atom. The van der Waals surface area contributed by atoms with Crippen LogP contribution >= 0.6 is 0 Å². The molecule has 0 aliphatic carbocycles. The van der Waals surface area contributed by atoms with Crippen LogP contribution in [0.3, 0.4) is 0 Å². The molecule has 5 aromatic rings. The van der Waals surface area contributed by atoms with E-state index < -0.39 is 0 Å². The number of fused-ring (bicyclic) bond motifs is 1. The molecule has 0 aliphatic heterocycles. The average molecular weight is 488 g/mol. The van der Waals surface area contributed by atoms with Crippen molar-refractivity contribution >= 4 is 28.3 Å². The lowest BCUT2D eigenvalue weighted by Crippen LogP contribution is -2.17. The molecule has 1 aromatic heterocycles. The molecule has 5 rings (SSSR count). The third kappa shape index (κ3) is 5.21. The molecule has 0 N–H and O–H groups in total. The van der Waals surface area contributed by atoms with Crippen LogP contribution in [-0.4, -0.2) is 27.4 Å². The van der Waals surface area contributed by atoms with Gasteiger partial charge in [0.1, 0.15) is 11.3 Å². The number of ether oxygens (including phenoxy) is 1. The van der Waals surface area contributed by atoms with Gasteiger partial charge in [-0.15, -0.1) is 5.10 Å². The van der Waals surface area contributed by atoms with Crippen molar-refractivity contribution in [2.75, 3.05) is 6.61 Å². The predicted octanol–water partition coefficient (Wildman–Crippen LogP) is 7.16. The minimum absolute atomic E-state index is 0.0553. The Hall–Kier alpha value is -4.51. The average Bonchev–Trinajstić information content (AvgIpc) is 3.37. The number of hydrogen-bond acceptors (Lipinski definition) is 4. The van der Waals surface area contributed by atoms with E-state index in [1.54, 1.807) is 0 Å². The second kappa shape index (κ2) is 11.0. The quantitative estimate of drug-likeness (QED) is 0.163. The minimum Gasteiger partial charge on any atom is -0.491 e. The summed E-state index contributed by atoms with van der Waals surface area (Å²) in [5.41, 5.74) is 6.15. The number of benzene rings is 4. The summed E-state index contributed by atoms with van der Waals surface area (Å²) < 4.78 is 8.19. The maximum absolute atomic E-state index is 13.7. The summed E-state index contributed by atoms with van der Waals surface area (Å²) in [6, 6.07) is 35.7. The van der Waals surface area contributed by atoms with Crippen molar-refractivity contribution in [3.8, 4) is 0 Å². The zero-order valence-corrected chi connectivity index (χ0v) is 21.0. The molecule has 0 fully saturated rings. The van der Waals surface area contributed by atoms with Crippen molar-refractivity contribution in [3.63, 3.8) is 0 Å². The molecule has 1 unspecified atom stereocenters. The van der Waals surface area contributed by atoms with Crippen LogP contribution in [0.1, 0.15) is 46.3 Å². The van der Waals surface area contributed by atoms with Gasteiger partial charge < -0.3 is 4.74 Å². The monoisotopic (exact) mass is 487 g/mol. The third-order valence-electron chi connectivity index (χ3n) is 6.43. The number of ketones is 1. The van der Waals surface area contributed by atoms with Gasteiger partial charge in [0.15, 0.2) is 5.78 Å². The molecule has 0 saturated carbocycles. The fourth-order valence-corrected chi connectivity index (χ4v) is 4.59. The van der Waals surface area contributed by atoms with Gasteiger partial charge in [0, 0.05) is 23.5 Å². The van der Waals surface area contributed by atoms with Crippen LogP contribution in [0.25, 0.3) is 22.5 Å². The van der Waals surface area contributed by atoms with Gasteiger partial charge >= 0.3 is 0 Å². The molecule has 5 nitrogen and oxygen atoms in total. The topological polar surface area (TPSA) is 57.0 Å². The van der Waals surface area contributed by atoms with Crippen molar-refractivity contribution in [1.82, 2.24) is 15.0 Å². The number of rotatable bonds is 9. The van der Waals surface area contributed by atoms with Gasteiger partial charge in [-0.2, -0.15) is 0 Å². The Balaban J connectivity index is 1.76. The van der Waals surface area contributed by atoms with Crippen LogP contribution in [0.2, 0.25) is 0 Å². The van der Waals surface area contributed by atoms with Crippen molar-refractivity contribution in [2.45, 2.75) is 26.2 Å². The molecule has 1 heterocycles. The lowest BCUT2D eigenvalue weighted by molar-refractivity contribution is 0.0978. The summed E-state index contributed by atoms with van der Waals surface area (Å²) >= 11 is 0. The summed E-state index contributed by atoms with van der Waals surface area (Å²) in [7, 11) is 0. The fraction of sp³-hybridized carbons (Fsp3) is 0.156. The zero-order valence-electron chi connectivity index (χ0n) is 21.0. The number of carbonyl (C=O) groups excluding carboxylic acids is 1. The summed E-state index contributed by atoms with van der Waals surface area (Å²) in [6.45, 7) is 4.45. The highest BCUT2D eigenvalue weighted by atomic mass is 16.5. The van der Waals surface area contributed by atoms with Crippen LogP contribution < -0.4 is 0 Å². The van der Waals surface area contributed by atoms with Gasteiger partial charge in [-0.05, 0) is 31.5 Å². The Kier molecular flexibility index (Phi) is 7.22. The van der Waals surface area contributed by atoms with Gasteiger partial charge in [0.05, 0.1) is 17.8 Å². The number of hydrogen-bond donors (Lipinski definition) is 0. The highest BCUT2D eigenvalue weighted by Crippen LogP contribution is 2.39. The molecule has 37 heavy (non-hydrogen) atoms. The van der Waals surface area contributed by atoms with E-state index in [-0.39, 0.29) is 18.1 Å². The molecule has 0 bridgehead atoms. The van der Waals surface area contributed by atoms with Crippen LogP contribution in [0.15, 0.2) is 109 Å². The Morgan fingerprint density at radius 2 is 1.46 bits per heavy atom. The number of allylic oxidation sites excluding steroid dienone is 1. The number of aromatic nitrogens is 3. The lowest BCUT2D eigenvalue weighted by Gasteiger charge is -2.25. The van der Waals surface area contributed by atoms with E-state index in [1.807, 2.05) is 116 Å². The first-order valence-corrected chi connectivity index (χ1v) is 12.5. The van der Waals surface area contributed by atoms with Crippen LogP contribution in [0.5, 0.6) is 0 Å². The van der Waals surface area contributed by atoms with Crippen molar-refractivity contribution in [2.24, 2.45) is 0 Å². The van der Waals surface area contributed by atoms with E-state index in [4.69, 9.17) is 4.74 Å². The smallest absolute Gasteiger partial charge is 0.163 e. The molecule has 0 spiro atoms. The molecule has 1 atom stereocenters. The molecule has 184 valence electrons. The van der Waals surface area contributed by atoms with E-state index in [0.29, 0.717) is 17.9 Å². The van der Waals surface area contributed by atoms with E-state index in [0.717, 1.165) is 33.4 Å². The molecule has 5 heteroatoms. The van der Waals surface area contributed by atoms with Crippen molar-refractivity contribution < 1.29 is 9.53 Å². The summed E-state index contributed by atoms with van der Waals surface area (Å²) in [6.07, 6.45) is 0.250. The SMILES string of the molecule is CCO/C(=C(\C(CC(=O)c1ccc(C)cc1)c1ccccc1)n1nnc2ccccc21)c1ccccc1.